The van der Waals surface area contributed by atoms with Crippen molar-refractivity contribution in [2.75, 3.05) is 49.3 Å². The molecular formula is C21H30N6O2. The Morgan fingerprint density at radius 1 is 1.24 bits per heavy atom. The van der Waals surface area contributed by atoms with Crippen LogP contribution >= 0.6 is 0 Å². The zero-order chi connectivity index (χ0) is 21.2. The molecule has 156 valence electrons. The molecule has 8 heteroatoms. The summed E-state index contributed by atoms with van der Waals surface area (Å²) in [6, 6.07) is 7.60. The van der Waals surface area contributed by atoms with Crippen LogP contribution in [0.15, 0.2) is 30.5 Å². The van der Waals surface area contributed by atoms with E-state index in [4.69, 9.17) is 15.5 Å². The summed E-state index contributed by atoms with van der Waals surface area (Å²) in [6.07, 6.45) is 2.14. The lowest BCUT2D eigenvalue weighted by atomic mass is 10.1. The number of nitrogens with zero attached hydrogens (tertiary/aromatic N) is 5. The number of amides is 1. The number of fused-ring (bicyclic) bond motifs is 1. The van der Waals surface area contributed by atoms with Gasteiger partial charge in [0.15, 0.2) is 0 Å². The average Bonchev–Trinajstić information content (AvgIpc) is 3.03. The van der Waals surface area contributed by atoms with Gasteiger partial charge < -0.3 is 20.3 Å². The highest BCUT2D eigenvalue weighted by Gasteiger charge is 2.27. The highest BCUT2D eigenvalue weighted by Crippen LogP contribution is 2.34. The number of carbonyl (C=O) groups is 1. The summed E-state index contributed by atoms with van der Waals surface area (Å²) in [5.74, 6) is 1.08. The molecule has 2 aromatic rings. The monoisotopic (exact) mass is 398 g/mol. The number of hydrogen-bond donors (Lipinski definition) is 1. The van der Waals surface area contributed by atoms with Crippen LogP contribution < -0.4 is 15.5 Å². The lowest BCUT2D eigenvalue weighted by Crippen LogP contribution is -2.41. The summed E-state index contributed by atoms with van der Waals surface area (Å²) in [4.78, 5) is 27.6. The molecule has 1 amide bonds. The molecule has 29 heavy (non-hydrogen) atoms. The summed E-state index contributed by atoms with van der Waals surface area (Å²) in [5.41, 5.74) is 8.30. The molecule has 3 rings (SSSR count). The van der Waals surface area contributed by atoms with Crippen LogP contribution in [0, 0.1) is 0 Å². The first-order valence-corrected chi connectivity index (χ1v) is 9.78. The van der Waals surface area contributed by atoms with E-state index in [0.29, 0.717) is 24.9 Å². The Labute approximate surface area is 172 Å². The fraction of sp³-hybridized carbons (Fsp3) is 0.476. The minimum absolute atomic E-state index is 0.418. The first-order valence-electron chi connectivity index (χ1n) is 9.78. The summed E-state index contributed by atoms with van der Waals surface area (Å²) in [5, 5.41) is 0. The summed E-state index contributed by atoms with van der Waals surface area (Å²) in [7, 11) is 3.93. The van der Waals surface area contributed by atoms with Crippen molar-refractivity contribution in [1.29, 1.82) is 0 Å². The number of nitrogens with two attached hydrogens (primary N) is 1. The Morgan fingerprint density at radius 2 is 2.00 bits per heavy atom. The van der Waals surface area contributed by atoms with Crippen LogP contribution in [0.5, 0.6) is 0 Å². The normalized spacial score (nSPS) is 13.5. The van der Waals surface area contributed by atoms with Crippen LogP contribution in [0.2, 0.25) is 0 Å². The van der Waals surface area contributed by atoms with Gasteiger partial charge in [0, 0.05) is 37.2 Å². The highest BCUT2D eigenvalue weighted by atomic mass is 16.6. The van der Waals surface area contributed by atoms with Gasteiger partial charge in [-0.25, -0.2) is 9.78 Å². The van der Waals surface area contributed by atoms with E-state index in [1.165, 1.54) is 5.56 Å². The van der Waals surface area contributed by atoms with Crippen molar-refractivity contribution in [3.63, 3.8) is 0 Å². The summed E-state index contributed by atoms with van der Waals surface area (Å²) in [6.45, 7) is 7.48. The van der Waals surface area contributed by atoms with E-state index in [0.717, 1.165) is 24.3 Å². The van der Waals surface area contributed by atoms with Crippen LogP contribution in [-0.4, -0.2) is 60.3 Å². The topological polar surface area (TPSA) is 87.8 Å². The van der Waals surface area contributed by atoms with E-state index in [1.54, 1.807) is 17.2 Å². The standard InChI is InChI=1S/C21H30N6O2/c1-21(2,3)29-20(28)27(13-12-25(4)5)18-8-10-23-19(24-18)26-11-9-15-14-16(22)6-7-17(15)26/h6-8,10,14H,9,11-13,22H2,1-5H3. The maximum atomic E-state index is 12.8. The summed E-state index contributed by atoms with van der Waals surface area (Å²) >= 11 is 0. The third-order valence-corrected chi connectivity index (χ3v) is 4.53. The first-order chi connectivity index (χ1) is 13.6. The fourth-order valence-electron chi connectivity index (χ4n) is 3.17. The Balaban J connectivity index is 1.90. The Bertz CT molecular complexity index is 878. The quantitative estimate of drug-likeness (QED) is 0.775. The maximum Gasteiger partial charge on any atom is 0.416 e. The lowest BCUT2D eigenvalue weighted by Gasteiger charge is -2.28. The Hall–Kier alpha value is -2.87. The van der Waals surface area contributed by atoms with E-state index < -0.39 is 11.7 Å². The van der Waals surface area contributed by atoms with Gasteiger partial charge in [-0.05, 0) is 71.1 Å². The molecule has 0 saturated carbocycles. The highest BCUT2D eigenvalue weighted by molar-refractivity contribution is 5.87. The minimum atomic E-state index is -0.586. The molecule has 2 heterocycles. The van der Waals surface area contributed by atoms with E-state index in [-0.39, 0.29) is 0 Å². The molecule has 8 nitrogen and oxygen atoms in total. The third kappa shape index (κ3) is 5.14. The van der Waals surface area contributed by atoms with Crippen molar-refractivity contribution in [3.05, 3.63) is 36.0 Å². The zero-order valence-electron chi connectivity index (χ0n) is 17.8. The number of likely N-dealkylation sites (N-methyl/N-ethyl adjacent to an activating group) is 1. The summed E-state index contributed by atoms with van der Waals surface area (Å²) < 4.78 is 5.60. The van der Waals surface area contributed by atoms with Gasteiger partial charge in [-0.3, -0.25) is 4.90 Å². The molecule has 1 aromatic heterocycles. The lowest BCUT2D eigenvalue weighted by molar-refractivity contribution is 0.0577. The van der Waals surface area contributed by atoms with E-state index >= 15 is 0 Å². The van der Waals surface area contributed by atoms with E-state index in [9.17, 15) is 4.79 Å². The number of carbonyl (C=O) groups excluding carboxylic acids is 1. The third-order valence-electron chi connectivity index (χ3n) is 4.53. The van der Waals surface area contributed by atoms with Crippen molar-refractivity contribution in [3.8, 4) is 0 Å². The molecule has 1 aromatic carbocycles. The van der Waals surface area contributed by atoms with Crippen LogP contribution in [-0.2, 0) is 11.2 Å². The second-order valence-corrected chi connectivity index (χ2v) is 8.44. The van der Waals surface area contributed by atoms with Crippen molar-refractivity contribution < 1.29 is 9.53 Å². The molecule has 0 saturated heterocycles. The minimum Gasteiger partial charge on any atom is -0.443 e. The molecule has 0 fully saturated rings. The molecular weight excluding hydrogens is 368 g/mol. The van der Waals surface area contributed by atoms with Gasteiger partial charge in [-0.1, -0.05) is 0 Å². The van der Waals surface area contributed by atoms with Crippen LogP contribution in [0.25, 0.3) is 0 Å². The molecule has 0 unspecified atom stereocenters. The van der Waals surface area contributed by atoms with E-state index in [2.05, 4.69) is 9.88 Å². The number of aromatic nitrogens is 2. The SMILES string of the molecule is CN(C)CCN(C(=O)OC(C)(C)C)c1ccnc(N2CCc3cc(N)ccc32)n1. The first kappa shape index (κ1) is 20.9. The molecule has 0 spiro atoms. The van der Waals surface area contributed by atoms with E-state index in [1.807, 2.05) is 58.0 Å². The number of benzene rings is 1. The van der Waals surface area contributed by atoms with Crippen molar-refractivity contribution in [1.82, 2.24) is 14.9 Å². The Kier molecular flexibility index (Phi) is 5.93. The van der Waals surface area contributed by atoms with Gasteiger partial charge in [-0.15, -0.1) is 0 Å². The maximum absolute atomic E-state index is 12.8. The number of hydrogen-bond acceptors (Lipinski definition) is 7. The zero-order valence-corrected chi connectivity index (χ0v) is 17.8. The largest absolute Gasteiger partial charge is 0.443 e. The molecule has 1 aliphatic heterocycles. The second-order valence-electron chi connectivity index (χ2n) is 8.44. The van der Waals surface area contributed by atoms with Gasteiger partial charge in [0.2, 0.25) is 5.95 Å². The number of nitrogen functional groups attached to an aromatic ring is 1. The van der Waals surface area contributed by atoms with Gasteiger partial charge in [0.25, 0.3) is 0 Å². The van der Waals surface area contributed by atoms with Gasteiger partial charge in [0.1, 0.15) is 11.4 Å². The molecule has 2 N–H and O–H groups in total. The smallest absolute Gasteiger partial charge is 0.416 e. The van der Waals surface area contributed by atoms with Gasteiger partial charge in [-0.2, -0.15) is 4.98 Å². The molecule has 0 atom stereocenters. The van der Waals surface area contributed by atoms with Crippen LogP contribution in [0.1, 0.15) is 26.3 Å². The van der Waals surface area contributed by atoms with Crippen LogP contribution in [0.4, 0.5) is 27.9 Å². The number of ether oxygens (including phenoxy) is 1. The van der Waals surface area contributed by atoms with Gasteiger partial charge >= 0.3 is 6.09 Å². The van der Waals surface area contributed by atoms with Crippen molar-refractivity contribution in [2.24, 2.45) is 0 Å². The number of anilines is 4. The molecule has 0 bridgehead atoms. The second kappa shape index (κ2) is 8.24. The predicted octanol–water partition coefficient (Wildman–Crippen LogP) is 3.06. The molecule has 0 radical (unpaired) electrons. The van der Waals surface area contributed by atoms with Gasteiger partial charge in [0.05, 0.1) is 0 Å². The molecule has 1 aliphatic rings. The molecule has 0 aliphatic carbocycles. The predicted molar refractivity (Wildman–Crippen MR) is 116 cm³/mol. The number of rotatable bonds is 5. The van der Waals surface area contributed by atoms with Crippen LogP contribution in [0.3, 0.4) is 0 Å². The average molecular weight is 399 g/mol. The Morgan fingerprint density at radius 3 is 2.69 bits per heavy atom. The van der Waals surface area contributed by atoms with Crippen molar-refractivity contribution >= 4 is 29.2 Å². The van der Waals surface area contributed by atoms with Crippen molar-refractivity contribution in [2.45, 2.75) is 32.8 Å². The fourth-order valence-corrected chi connectivity index (χ4v) is 3.17.